The lowest BCUT2D eigenvalue weighted by molar-refractivity contribution is -0.512. The van der Waals surface area contributed by atoms with Crippen molar-refractivity contribution in [2.75, 3.05) is 7.05 Å². The zero-order valence-electron chi connectivity index (χ0n) is 29.6. The Morgan fingerprint density at radius 1 is 0.578 bits per heavy atom. The summed E-state index contributed by atoms with van der Waals surface area (Å²) in [5.74, 6) is 0. The molecule has 2 nitrogen and oxygen atoms in total. The Bertz CT molecular complexity index is 1300. The predicted molar refractivity (Wildman–Crippen MR) is 198 cm³/mol. The Morgan fingerprint density at radius 3 is 1.80 bits per heavy atom. The van der Waals surface area contributed by atoms with E-state index in [-0.39, 0.29) is 0 Å². The third-order valence-electron chi connectivity index (χ3n) is 9.18. The number of azo groups is 2. The van der Waals surface area contributed by atoms with Gasteiger partial charge >= 0.3 is 0 Å². The molecule has 0 amide bonds. The molecule has 3 aromatic rings. The Hall–Kier alpha value is -3.00. The van der Waals surface area contributed by atoms with Gasteiger partial charge in [0.1, 0.15) is 5.69 Å². The summed E-state index contributed by atoms with van der Waals surface area (Å²) in [4.78, 5) is 0. The highest BCUT2D eigenvalue weighted by molar-refractivity contribution is 5.70. The smallest absolute Gasteiger partial charge is 0.0906 e. The fourth-order valence-electron chi connectivity index (χ4n) is 6.36. The van der Waals surface area contributed by atoms with Gasteiger partial charge in [0, 0.05) is 12.5 Å². The molecule has 0 radical (unpaired) electrons. The van der Waals surface area contributed by atoms with Gasteiger partial charge in [-0.2, -0.15) is 0 Å². The lowest BCUT2D eigenvalue weighted by Crippen LogP contribution is -2.02. The summed E-state index contributed by atoms with van der Waals surface area (Å²) >= 11 is 0. The molecular weight excluding hydrogens is 544 g/mol. The van der Waals surface area contributed by atoms with Gasteiger partial charge in [0.25, 0.3) is 0 Å². The van der Waals surface area contributed by atoms with E-state index in [1.807, 2.05) is 0 Å². The van der Waals surface area contributed by atoms with Crippen molar-refractivity contribution in [2.45, 2.75) is 143 Å². The molecule has 244 valence electrons. The average molecular weight is 608 g/mol. The summed E-state index contributed by atoms with van der Waals surface area (Å²) in [6.07, 6.45) is 25.4. The SMILES string of the molecule is CCCCCCCCc1ccc(C=C(CC)[N+](C)=Nc2ccc(CCCCCCCC)c(-c3ccccc3)c2)cc1CCCC. The topological polar surface area (TPSA) is 15.4 Å². The Balaban J connectivity index is 1.79. The van der Waals surface area contributed by atoms with E-state index in [0.717, 1.165) is 18.5 Å². The van der Waals surface area contributed by atoms with Gasteiger partial charge in [-0.1, -0.05) is 158 Å². The zero-order chi connectivity index (χ0) is 32.1. The normalized spacial score (nSPS) is 12.2. The quantitative estimate of drug-likeness (QED) is 0.0613. The number of nitrogens with zero attached hydrogens (tertiary/aromatic N) is 2. The van der Waals surface area contributed by atoms with Crippen LogP contribution >= 0.6 is 0 Å². The van der Waals surface area contributed by atoms with E-state index in [4.69, 9.17) is 5.11 Å². The van der Waals surface area contributed by atoms with Gasteiger partial charge < -0.3 is 0 Å². The molecule has 0 unspecified atom stereocenters. The summed E-state index contributed by atoms with van der Waals surface area (Å²) in [5, 5.41) is 5.11. The van der Waals surface area contributed by atoms with Crippen molar-refractivity contribution in [1.82, 2.24) is 0 Å². The molecule has 0 aliphatic heterocycles. The minimum absolute atomic E-state index is 0.936. The molecule has 2 heteroatoms. The maximum Gasteiger partial charge on any atom is 0.208 e. The standard InChI is InChI=1S/C43H63N2/c1-6-10-13-15-17-20-25-37-30-29-36(33-40(37)24-12-8-3)34-42(9-4)45(5)44-41-32-31-39(28-21-18-16-14-11-7-2)43(35-41)38-26-22-19-23-27-38/h19,22-23,26-27,29-35H,6-18,20-21,24-25,28H2,1-5H3/q+1. The van der Waals surface area contributed by atoms with Gasteiger partial charge in [0.2, 0.25) is 5.70 Å². The van der Waals surface area contributed by atoms with Crippen molar-refractivity contribution in [3.05, 3.63) is 94.7 Å². The second kappa shape index (κ2) is 21.7. The van der Waals surface area contributed by atoms with E-state index in [0.29, 0.717) is 0 Å². The fraction of sp³-hybridized carbons (Fsp3) is 0.535. The minimum Gasteiger partial charge on any atom is -0.0906 e. The van der Waals surface area contributed by atoms with Crippen LogP contribution in [-0.2, 0) is 19.3 Å². The van der Waals surface area contributed by atoms with Crippen LogP contribution in [0.3, 0.4) is 0 Å². The zero-order valence-corrected chi connectivity index (χ0v) is 29.6. The fourth-order valence-corrected chi connectivity index (χ4v) is 6.36. The van der Waals surface area contributed by atoms with Crippen LogP contribution in [-0.4, -0.2) is 11.7 Å². The number of hydrogen-bond acceptors (Lipinski definition) is 1. The van der Waals surface area contributed by atoms with Crippen molar-refractivity contribution >= 4 is 11.8 Å². The van der Waals surface area contributed by atoms with Crippen LogP contribution in [0.4, 0.5) is 5.69 Å². The molecule has 0 saturated carbocycles. The summed E-state index contributed by atoms with van der Waals surface area (Å²) in [5.41, 5.74) is 10.7. The van der Waals surface area contributed by atoms with E-state index in [9.17, 15) is 0 Å². The number of unbranched alkanes of at least 4 members (excludes halogenated alkanes) is 11. The third kappa shape index (κ3) is 13.1. The molecule has 45 heavy (non-hydrogen) atoms. The Kier molecular flexibility index (Phi) is 17.6. The monoisotopic (exact) mass is 607 g/mol. The highest BCUT2D eigenvalue weighted by Crippen LogP contribution is 2.30. The van der Waals surface area contributed by atoms with Crippen LogP contribution in [0.5, 0.6) is 0 Å². The minimum atomic E-state index is 0.936. The average Bonchev–Trinajstić information content (AvgIpc) is 3.07. The maximum absolute atomic E-state index is 5.11. The van der Waals surface area contributed by atoms with Crippen molar-refractivity contribution in [3.63, 3.8) is 0 Å². The highest BCUT2D eigenvalue weighted by Gasteiger charge is 2.13. The van der Waals surface area contributed by atoms with Crippen molar-refractivity contribution in [2.24, 2.45) is 5.11 Å². The Morgan fingerprint density at radius 2 is 1.16 bits per heavy atom. The second-order valence-corrected chi connectivity index (χ2v) is 13.0. The third-order valence-corrected chi connectivity index (χ3v) is 9.18. The molecule has 0 heterocycles. The van der Waals surface area contributed by atoms with E-state index >= 15 is 0 Å². The lowest BCUT2D eigenvalue weighted by atomic mass is 9.94. The van der Waals surface area contributed by atoms with Gasteiger partial charge in [-0.3, -0.25) is 0 Å². The number of aryl methyl sites for hydroxylation is 3. The number of allylic oxidation sites excluding steroid dienone is 1. The largest absolute Gasteiger partial charge is 0.208 e. The molecule has 0 spiro atoms. The maximum atomic E-state index is 5.11. The van der Waals surface area contributed by atoms with Crippen molar-refractivity contribution in [1.29, 1.82) is 0 Å². The highest BCUT2D eigenvalue weighted by atomic mass is 15.3. The molecular formula is C43H63N2+. The first-order valence-corrected chi connectivity index (χ1v) is 18.6. The molecule has 0 aliphatic rings. The van der Waals surface area contributed by atoms with Gasteiger partial charge in [0.15, 0.2) is 7.05 Å². The predicted octanol–water partition coefficient (Wildman–Crippen LogP) is 13.7. The molecule has 0 bridgehead atoms. The molecule has 0 aromatic heterocycles. The first-order valence-electron chi connectivity index (χ1n) is 18.6. The summed E-state index contributed by atoms with van der Waals surface area (Å²) < 4.78 is 2.09. The number of rotatable bonds is 22. The first-order chi connectivity index (χ1) is 22.1. The summed E-state index contributed by atoms with van der Waals surface area (Å²) in [7, 11) is 2.10. The number of hydrogen-bond donors (Lipinski definition) is 0. The Labute approximate surface area is 277 Å². The van der Waals surface area contributed by atoms with E-state index in [1.54, 1.807) is 11.1 Å². The second-order valence-electron chi connectivity index (χ2n) is 13.0. The van der Waals surface area contributed by atoms with Gasteiger partial charge in [-0.15, -0.1) is 0 Å². The van der Waals surface area contributed by atoms with E-state index < -0.39 is 0 Å². The van der Waals surface area contributed by atoms with Gasteiger partial charge in [-0.25, -0.2) is 0 Å². The van der Waals surface area contributed by atoms with Crippen LogP contribution in [0.2, 0.25) is 0 Å². The van der Waals surface area contributed by atoms with Crippen LogP contribution < -0.4 is 0 Å². The first kappa shape index (κ1) is 36.5. The summed E-state index contributed by atoms with van der Waals surface area (Å²) in [6.45, 7) is 9.12. The van der Waals surface area contributed by atoms with Crippen molar-refractivity contribution in [3.8, 4) is 11.1 Å². The molecule has 0 fully saturated rings. The van der Waals surface area contributed by atoms with Gasteiger partial charge in [0.05, 0.1) is 0 Å². The molecule has 0 N–H and O–H groups in total. The molecule has 0 aliphatic carbocycles. The van der Waals surface area contributed by atoms with E-state index in [2.05, 4.69) is 112 Å². The molecule has 0 saturated heterocycles. The van der Waals surface area contributed by atoms with Crippen molar-refractivity contribution < 1.29 is 4.70 Å². The van der Waals surface area contributed by atoms with Gasteiger partial charge in [-0.05, 0) is 89.2 Å². The van der Waals surface area contributed by atoms with Crippen LogP contribution in [0, 0.1) is 0 Å². The van der Waals surface area contributed by atoms with Crippen LogP contribution in [0.15, 0.2) is 77.5 Å². The van der Waals surface area contributed by atoms with Crippen LogP contribution in [0.25, 0.3) is 17.2 Å². The molecule has 3 rings (SSSR count). The number of benzene rings is 3. The molecule has 3 aromatic carbocycles. The molecule has 0 atom stereocenters. The summed E-state index contributed by atoms with van der Waals surface area (Å²) in [6, 6.07) is 24.9. The lowest BCUT2D eigenvalue weighted by Gasteiger charge is -2.11. The van der Waals surface area contributed by atoms with Crippen LogP contribution in [0.1, 0.15) is 146 Å². The van der Waals surface area contributed by atoms with E-state index in [1.165, 1.54) is 131 Å².